The highest BCUT2D eigenvalue weighted by atomic mass is 15.3. The Kier molecular flexibility index (Phi) is 7.36. The number of hydrogen-bond acceptors (Lipinski definition) is 3. The number of aromatic nitrogens is 3. The van der Waals surface area contributed by atoms with E-state index in [1.165, 1.54) is 32.1 Å². The first-order valence-corrected chi connectivity index (χ1v) is 9.21. The molecule has 0 aromatic carbocycles. The van der Waals surface area contributed by atoms with E-state index in [-0.39, 0.29) is 0 Å². The topological polar surface area (TPSA) is 67.1 Å². The standard InChI is InChI=1S/C17H32N6/c1-4-14(5-2)12-19-17(18-6-3)20-13-16-22-21-15-10-8-7-9-11-23(15)16/h14H,4-13H2,1-3H3,(H2,18,19,20). The average Bonchev–Trinajstić information content (AvgIpc) is 2.80. The van der Waals surface area contributed by atoms with Crippen LogP contribution in [0.5, 0.6) is 0 Å². The summed E-state index contributed by atoms with van der Waals surface area (Å²) < 4.78 is 2.26. The highest BCUT2D eigenvalue weighted by Gasteiger charge is 2.14. The van der Waals surface area contributed by atoms with E-state index in [1.807, 2.05) is 0 Å². The van der Waals surface area contributed by atoms with Crippen molar-refractivity contribution in [2.75, 3.05) is 13.1 Å². The number of nitrogens with zero attached hydrogens (tertiary/aromatic N) is 4. The molecular weight excluding hydrogens is 288 g/mol. The molecule has 2 heterocycles. The number of fused-ring (bicyclic) bond motifs is 1. The van der Waals surface area contributed by atoms with Gasteiger partial charge < -0.3 is 15.2 Å². The Bertz CT molecular complexity index is 489. The molecule has 130 valence electrons. The Labute approximate surface area is 140 Å². The van der Waals surface area contributed by atoms with Gasteiger partial charge in [-0.2, -0.15) is 0 Å². The van der Waals surface area contributed by atoms with E-state index >= 15 is 0 Å². The Morgan fingerprint density at radius 3 is 2.70 bits per heavy atom. The van der Waals surface area contributed by atoms with Crippen LogP contribution in [0, 0.1) is 5.92 Å². The van der Waals surface area contributed by atoms with Crippen molar-refractivity contribution in [1.82, 2.24) is 25.4 Å². The van der Waals surface area contributed by atoms with Crippen LogP contribution in [0.15, 0.2) is 4.99 Å². The van der Waals surface area contributed by atoms with Gasteiger partial charge in [0.15, 0.2) is 11.8 Å². The lowest BCUT2D eigenvalue weighted by molar-refractivity contribution is 0.481. The van der Waals surface area contributed by atoms with E-state index < -0.39 is 0 Å². The van der Waals surface area contributed by atoms with Gasteiger partial charge in [0.2, 0.25) is 0 Å². The number of guanidine groups is 1. The van der Waals surface area contributed by atoms with Crippen molar-refractivity contribution >= 4 is 5.96 Å². The van der Waals surface area contributed by atoms with Gasteiger partial charge in [-0.3, -0.25) is 0 Å². The predicted molar refractivity (Wildman–Crippen MR) is 94.5 cm³/mol. The van der Waals surface area contributed by atoms with Gasteiger partial charge >= 0.3 is 0 Å². The molecule has 0 saturated carbocycles. The molecule has 0 unspecified atom stereocenters. The number of nitrogens with one attached hydrogen (secondary N) is 2. The predicted octanol–water partition coefficient (Wildman–Crippen LogP) is 2.50. The lowest BCUT2D eigenvalue weighted by Crippen LogP contribution is -2.39. The summed E-state index contributed by atoms with van der Waals surface area (Å²) in [5.41, 5.74) is 0. The maximum Gasteiger partial charge on any atom is 0.191 e. The molecule has 0 aliphatic carbocycles. The van der Waals surface area contributed by atoms with Crippen LogP contribution in [0.1, 0.15) is 64.5 Å². The first-order valence-electron chi connectivity index (χ1n) is 9.21. The molecule has 0 atom stereocenters. The maximum atomic E-state index is 4.71. The van der Waals surface area contributed by atoms with Gasteiger partial charge in [0.1, 0.15) is 12.4 Å². The normalized spacial score (nSPS) is 15.4. The molecular formula is C17H32N6. The first kappa shape index (κ1) is 17.8. The molecule has 1 aromatic rings. The summed E-state index contributed by atoms with van der Waals surface area (Å²) in [7, 11) is 0. The maximum absolute atomic E-state index is 4.71. The molecule has 2 N–H and O–H groups in total. The number of hydrogen-bond donors (Lipinski definition) is 2. The molecule has 2 rings (SSSR count). The van der Waals surface area contributed by atoms with E-state index in [1.54, 1.807) is 0 Å². The zero-order chi connectivity index (χ0) is 16.5. The number of rotatable bonds is 7. The third-order valence-corrected chi connectivity index (χ3v) is 4.62. The molecule has 0 spiro atoms. The van der Waals surface area contributed by atoms with Gasteiger partial charge in [-0.25, -0.2) is 4.99 Å². The molecule has 1 aliphatic rings. The zero-order valence-electron chi connectivity index (χ0n) is 14.9. The van der Waals surface area contributed by atoms with Gasteiger partial charge in [-0.1, -0.05) is 33.1 Å². The monoisotopic (exact) mass is 320 g/mol. The smallest absolute Gasteiger partial charge is 0.191 e. The Morgan fingerprint density at radius 2 is 1.96 bits per heavy atom. The summed E-state index contributed by atoms with van der Waals surface area (Å²) in [5, 5.41) is 15.5. The van der Waals surface area contributed by atoms with Crippen LogP contribution in [0.4, 0.5) is 0 Å². The summed E-state index contributed by atoms with van der Waals surface area (Å²) in [6, 6.07) is 0. The molecule has 0 radical (unpaired) electrons. The minimum atomic E-state index is 0.589. The Balaban J connectivity index is 1.98. The van der Waals surface area contributed by atoms with Gasteiger partial charge in [0, 0.05) is 26.1 Å². The van der Waals surface area contributed by atoms with Crippen LogP contribution in [-0.4, -0.2) is 33.8 Å². The highest BCUT2D eigenvalue weighted by Crippen LogP contribution is 2.14. The molecule has 6 heteroatoms. The quantitative estimate of drug-likeness (QED) is 0.598. The first-order chi connectivity index (χ1) is 11.3. The molecule has 1 aromatic heterocycles. The zero-order valence-corrected chi connectivity index (χ0v) is 14.9. The fraction of sp³-hybridized carbons (Fsp3) is 0.824. The van der Waals surface area contributed by atoms with Crippen molar-refractivity contribution in [2.45, 2.75) is 72.4 Å². The molecule has 6 nitrogen and oxygen atoms in total. The summed E-state index contributed by atoms with van der Waals surface area (Å²) >= 11 is 0. The van der Waals surface area contributed by atoms with Crippen LogP contribution >= 0.6 is 0 Å². The second-order valence-corrected chi connectivity index (χ2v) is 6.25. The van der Waals surface area contributed by atoms with Crippen molar-refractivity contribution in [2.24, 2.45) is 10.9 Å². The molecule has 23 heavy (non-hydrogen) atoms. The molecule has 0 amide bonds. The van der Waals surface area contributed by atoms with Crippen LogP contribution in [0.25, 0.3) is 0 Å². The highest BCUT2D eigenvalue weighted by molar-refractivity contribution is 5.79. The minimum Gasteiger partial charge on any atom is -0.357 e. The van der Waals surface area contributed by atoms with Crippen LogP contribution in [0.2, 0.25) is 0 Å². The van der Waals surface area contributed by atoms with Crippen molar-refractivity contribution in [3.63, 3.8) is 0 Å². The van der Waals surface area contributed by atoms with E-state index in [0.717, 1.165) is 43.7 Å². The van der Waals surface area contributed by atoms with Gasteiger partial charge in [-0.15, -0.1) is 10.2 Å². The Morgan fingerprint density at radius 1 is 1.13 bits per heavy atom. The van der Waals surface area contributed by atoms with Gasteiger partial charge in [0.05, 0.1) is 0 Å². The van der Waals surface area contributed by atoms with Crippen LogP contribution in [-0.2, 0) is 19.5 Å². The Hall–Kier alpha value is -1.59. The summed E-state index contributed by atoms with van der Waals surface area (Å²) in [6.45, 7) is 10.0. The second kappa shape index (κ2) is 9.53. The van der Waals surface area contributed by atoms with Crippen LogP contribution in [0.3, 0.4) is 0 Å². The average molecular weight is 320 g/mol. The van der Waals surface area contributed by atoms with Crippen LogP contribution < -0.4 is 10.6 Å². The van der Waals surface area contributed by atoms with Crippen molar-refractivity contribution in [3.05, 3.63) is 11.6 Å². The van der Waals surface area contributed by atoms with E-state index in [2.05, 4.69) is 46.2 Å². The lowest BCUT2D eigenvalue weighted by atomic mass is 10.0. The summed E-state index contributed by atoms with van der Waals surface area (Å²) in [4.78, 5) is 4.71. The fourth-order valence-corrected chi connectivity index (χ4v) is 2.97. The van der Waals surface area contributed by atoms with E-state index in [9.17, 15) is 0 Å². The van der Waals surface area contributed by atoms with Gasteiger partial charge in [-0.05, 0) is 25.7 Å². The summed E-state index contributed by atoms with van der Waals surface area (Å²) in [5.74, 6) is 3.69. The third kappa shape index (κ3) is 5.22. The SMILES string of the molecule is CCNC(=NCc1nnc2n1CCCCC2)NCC(CC)CC. The molecule has 0 bridgehead atoms. The minimum absolute atomic E-state index is 0.589. The lowest BCUT2D eigenvalue weighted by Gasteiger charge is -2.16. The second-order valence-electron chi connectivity index (χ2n) is 6.25. The largest absolute Gasteiger partial charge is 0.357 e. The molecule has 1 aliphatic heterocycles. The fourth-order valence-electron chi connectivity index (χ4n) is 2.97. The number of aryl methyl sites for hydroxylation is 1. The van der Waals surface area contributed by atoms with Crippen molar-refractivity contribution in [3.8, 4) is 0 Å². The van der Waals surface area contributed by atoms with Gasteiger partial charge in [0.25, 0.3) is 0 Å². The van der Waals surface area contributed by atoms with E-state index in [0.29, 0.717) is 12.5 Å². The molecule has 0 saturated heterocycles. The van der Waals surface area contributed by atoms with E-state index in [4.69, 9.17) is 4.99 Å². The summed E-state index contributed by atoms with van der Waals surface area (Å²) in [6.07, 6.45) is 7.16. The number of aliphatic imine (C=N–C) groups is 1. The van der Waals surface area contributed by atoms with Crippen molar-refractivity contribution < 1.29 is 0 Å². The van der Waals surface area contributed by atoms with Crippen molar-refractivity contribution in [1.29, 1.82) is 0 Å². The third-order valence-electron chi connectivity index (χ3n) is 4.62. The molecule has 0 fully saturated rings.